The van der Waals surface area contributed by atoms with E-state index < -0.39 is 35.8 Å². The predicted molar refractivity (Wildman–Crippen MR) is 66.3 cm³/mol. The molecule has 0 aliphatic carbocycles. The van der Waals surface area contributed by atoms with Crippen LogP contribution in [0.2, 0.25) is 0 Å². The molecule has 0 aliphatic rings. The summed E-state index contributed by atoms with van der Waals surface area (Å²) in [5.41, 5.74) is -0.134. The molecular formula is C11H8Na2O7S2. The van der Waals surface area contributed by atoms with Gasteiger partial charge in [-0.15, -0.1) is 0 Å². The van der Waals surface area contributed by atoms with Gasteiger partial charge in [-0.1, -0.05) is 0 Å². The minimum Gasteiger partial charge on any atom is -0.744 e. The molecule has 0 bridgehead atoms. The van der Waals surface area contributed by atoms with Crippen LogP contribution >= 0.6 is 0 Å². The Kier molecular flexibility index (Phi) is 7.58. The van der Waals surface area contributed by atoms with E-state index in [1.54, 1.807) is 0 Å². The Morgan fingerprint density at radius 2 is 1.50 bits per heavy atom. The van der Waals surface area contributed by atoms with Gasteiger partial charge in [0.25, 0.3) is 0 Å². The van der Waals surface area contributed by atoms with Crippen LogP contribution < -0.4 is 59.1 Å². The Hall–Kier alpha value is 0.320. The van der Waals surface area contributed by atoms with E-state index in [1.807, 2.05) is 0 Å². The van der Waals surface area contributed by atoms with E-state index in [-0.39, 0.29) is 75.5 Å². The molecule has 0 saturated heterocycles. The van der Waals surface area contributed by atoms with Crippen LogP contribution in [0.1, 0.15) is 5.56 Å². The molecule has 2 rings (SSSR count). The van der Waals surface area contributed by atoms with E-state index >= 15 is 0 Å². The number of rotatable bonds is 2. The smallest absolute Gasteiger partial charge is 0.744 e. The summed E-state index contributed by atoms with van der Waals surface area (Å²) in [6.07, 6.45) is 0. The van der Waals surface area contributed by atoms with Gasteiger partial charge in [-0.05, 0) is 36.6 Å². The number of phenols is 1. The fourth-order valence-electron chi connectivity index (χ4n) is 1.86. The molecule has 7 nitrogen and oxygen atoms in total. The van der Waals surface area contributed by atoms with Gasteiger partial charge in [0.1, 0.15) is 26.0 Å². The topological polar surface area (TPSA) is 135 Å². The summed E-state index contributed by atoms with van der Waals surface area (Å²) in [7, 11) is -9.56. The van der Waals surface area contributed by atoms with Crippen LogP contribution in [0, 0.1) is 6.92 Å². The van der Waals surface area contributed by atoms with Gasteiger partial charge < -0.3 is 14.2 Å². The van der Waals surface area contributed by atoms with Crippen molar-refractivity contribution < 1.29 is 90.2 Å². The maximum Gasteiger partial charge on any atom is 1.00 e. The van der Waals surface area contributed by atoms with E-state index in [4.69, 9.17) is 0 Å². The average molecular weight is 362 g/mol. The van der Waals surface area contributed by atoms with Crippen molar-refractivity contribution in [3.63, 3.8) is 0 Å². The molecule has 0 amide bonds. The molecule has 0 aliphatic heterocycles. The Morgan fingerprint density at radius 3 is 1.95 bits per heavy atom. The second-order valence-electron chi connectivity index (χ2n) is 4.14. The number of phenolic OH excluding ortho intramolecular Hbond substituents is 1. The monoisotopic (exact) mass is 362 g/mol. The number of hydrogen-bond donors (Lipinski definition) is 1. The Morgan fingerprint density at radius 1 is 0.955 bits per heavy atom. The summed E-state index contributed by atoms with van der Waals surface area (Å²) in [4.78, 5) is -1.24. The second kappa shape index (κ2) is 7.47. The standard InChI is InChI=1S/C11H10O7S2.2Na/c1-6-10(20(16,17)18)5-7-4-8(19(13,14)15)2-3-9(7)11(6)12;;/h2-5,12H,1H3,(H,13,14,15)(H,16,17,18);;/q;2*+1/p-2. The molecule has 0 radical (unpaired) electrons. The van der Waals surface area contributed by atoms with Crippen molar-refractivity contribution >= 4 is 31.0 Å². The van der Waals surface area contributed by atoms with Crippen LogP contribution in [-0.4, -0.2) is 31.0 Å². The number of fused-ring (bicyclic) bond motifs is 1. The minimum atomic E-state index is -4.83. The van der Waals surface area contributed by atoms with E-state index in [0.717, 1.165) is 18.2 Å². The molecule has 0 unspecified atom stereocenters. The summed E-state index contributed by atoms with van der Waals surface area (Å²) >= 11 is 0. The zero-order valence-corrected chi connectivity index (χ0v) is 17.7. The van der Waals surface area contributed by atoms with Crippen LogP contribution in [0.25, 0.3) is 10.8 Å². The van der Waals surface area contributed by atoms with E-state index in [2.05, 4.69) is 0 Å². The van der Waals surface area contributed by atoms with Crippen molar-refractivity contribution in [3.8, 4) is 5.75 Å². The molecule has 2 aromatic rings. The Balaban J connectivity index is 0.00000220. The van der Waals surface area contributed by atoms with Crippen LogP contribution in [0.4, 0.5) is 0 Å². The van der Waals surface area contributed by atoms with Crippen molar-refractivity contribution in [2.45, 2.75) is 16.7 Å². The van der Waals surface area contributed by atoms with Crippen LogP contribution in [0.5, 0.6) is 5.75 Å². The van der Waals surface area contributed by atoms with Gasteiger partial charge in [0, 0.05) is 10.9 Å². The maximum absolute atomic E-state index is 11.1. The van der Waals surface area contributed by atoms with Gasteiger partial charge in [-0.25, -0.2) is 16.8 Å². The van der Waals surface area contributed by atoms with Gasteiger partial charge in [0.2, 0.25) is 0 Å². The third kappa shape index (κ3) is 4.44. The summed E-state index contributed by atoms with van der Waals surface area (Å²) in [5, 5.41) is 9.98. The van der Waals surface area contributed by atoms with Gasteiger partial charge in [0.05, 0.1) is 9.79 Å². The third-order valence-corrected chi connectivity index (χ3v) is 4.64. The van der Waals surface area contributed by atoms with Crippen LogP contribution in [0.3, 0.4) is 0 Å². The fraction of sp³-hybridized carbons (Fsp3) is 0.0909. The van der Waals surface area contributed by atoms with Crippen LogP contribution in [0.15, 0.2) is 34.1 Å². The fourth-order valence-corrected chi connectivity index (χ4v) is 3.11. The summed E-state index contributed by atoms with van der Waals surface area (Å²) in [6, 6.07) is 4.01. The quantitative estimate of drug-likeness (QED) is 0.416. The van der Waals surface area contributed by atoms with E-state index in [9.17, 15) is 31.0 Å². The van der Waals surface area contributed by atoms with E-state index in [0.29, 0.717) is 0 Å². The molecule has 0 atom stereocenters. The first-order valence-corrected chi connectivity index (χ1v) is 8.01. The zero-order chi connectivity index (χ0) is 15.3. The van der Waals surface area contributed by atoms with Crippen molar-refractivity contribution in [1.29, 1.82) is 0 Å². The molecule has 11 heteroatoms. The van der Waals surface area contributed by atoms with Crippen molar-refractivity contribution in [2.75, 3.05) is 0 Å². The SMILES string of the molecule is Cc1c(S(=O)(=O)[O-])cc2cc(S(=O)(=O)[O-])ccc2c1O.[Na+].[Na+]. The van der Waals surface area contributed by atoms with Gasteiger partial charge in [-0.2, -0.15) is 0 Å². The molecule has 0 aromatic heterocycles. The molecule has 0 fully saturated rings. The number of hydrogen-bond acceptors (Lipinski definition) is 7. The zero-order valence-electron chi connectivity index (χ0n) is 12.0. The summed E-state index contributed by atoms with van der Waals surface area (Å²) in [5.74, 6) is -0.452. The van der Waals surface area contributed by atoms with Crippen molar-refractivity contribution in [3.05, 3.63) is 29.8 Å². The maximum atomic E-state index is 11.1. The van der Waals surface area contributed by atoms with Gasteiger partial charge in [0.15, 0.2) is 0 Å². The van der Waals surface area contributed by atoms with Crippen LogP contribution in [-0.2, 0) is 20.2 Å². The first-order chi connectivity index (χ1) is 9.01. The first kappa shape index (κ1) is 22.3. The molecule has 1 N–H and O–H groups in total. The molecule has 0 saturated carbocycles. The normalized spacial score (nSPS) is 11.6. The number of benzene rings is 2. The molecule has 0 heterocycles. The van der Waals surface area contributed by atoms with Crippen molar-refractivity contribution in [2.24, 2.45) is 0 Å². The molecular weight excluding hydrogens is 354 g/mol. The largest absolute Gasteiger partial charge is 1.00 e. The average Bonchev–Trinajstić information content (AvgIpc) is 2.30. The first-order valence-electron chi connectivity index (χ1n) is 5.20. The predicted octanol–water partition coefficient (Wildman–Crippen LogP) is -5.33. The summed E-state index contributed by atoms with van der Waals surface area (Å²) < 4.78 is 66.0. The Labute approximate surface area is 171 Å². The molecule has 2 aromatic carbocycles. The Bertz CT molecular complexity index is 921. The molecule has 22 heavy (non-hydrogen) atoms. The van der Waals surface area contributed by atoms with Crippen molar-refractivity contribution in [1.82, 2.24) is 0 Å². The summed E-state index contributed by atoms with van der Waals surface area (Å²) in [6.45, 7) is 1.25. The minimum absolute atomic E-state index is 0. The molecule has 0 spiro atoms. The molecule has 108 valence electrons. The van der Waals surface area contributed by atoms with Gasteiger partial charge >= 0.3 is 59.1 Å². The van der Waals surface area contributed by atoms with Gasteiger partial charge in [-0.3, -0.25) is 0 Å². The van der Waals surface area contributed by atoms with E-state index in [1.165, 1.54) is 13.0 Å². The number of aromatic hydroxyl groups is 1. The third-order valence-electron chi connectivity index (χ3n) is 2.85. The second-order valence-corrected chi connectivity index (χ2v) is 6.87.